The Balaban J connectivity index is 1.46. The Morgan fingerprint density at radius 3 is 2.16 bits per heavy atom. The van der Waals surface area contributed by atoms with E-state index in [1.807, 2.05) is 13.8 Å². The molecule has 2 aliphatic rings. The van der Waals surface area contributed by atoms with E-state index in [0.717, 1.165) is 0 Å². The molecule has 1 aromatic carbocycles. The van der Waals surface area contributed by atoms with Crippen LogP contribution < -0.4 is 0 Å². The zero-order chi connectivity index (χ0) is 22.1. The standard InChI is InChI=1S/C22H27N5O4/c1-14(2)12-18(27-20(28)16-6-4-5-7-17(16)21(27)29)22(30)26-10-8-25(9-11-26)13-19-24-23-15(3)31-19/h4-7,14,18H,8-13H2,1-3H3. The summed E-state index contributed by atoms with van der Waals surface area (Å²) >= 11 is 0. The second-order valence-corrected chi connectivity index (χ2v) is 8.49. The van der Waals surface area contributed by atoms with E-state index in [0.29, 0.717) is 62.1 Å². The Kier molecular flexibility index (Phi) is 5.86. The minimum atomic E-state index is -0.794. The van der Waals surface area contributed by atoms with Gasteiger partial charge in [-0.15, -0.1) is 10.2 Å². The third-order valence-electron chi connectivity index (χ3n) is 5.73. The van der Waals surface area contributed by atoms with Crippen LogP contribution in [0.5, 0.6) is 0 Å². The number of aryl methyl sites for hydroxylation is 1. The van der Waals surface area contributed by atoms with E-state index in [2.05, 4.69) is 15.1 Å². The molecule has 3 amide bonds. The molecule has 0 saturated carbocycles. The number of rotatable bonds is 6. The summed E-state index contributed by atoms with van der Waals surface area (Å²) in [6, 6.07) is 5.96. The van der Waals surface area contributed by atoms with Crippen LogP contribution >= 0.6 is 0 Å². The topological polar surface area (TPSA) is 99.9 Å². The van der Waals surface area contributed by atoms with E-state index in [-0.39, 0.29) is 23.6 Å². The van der Waals surface area contributed by atoms with Crippen molar-refractivity contribution in [1.29, 1.82) is 0 Å². The number of nitrogens with zero attached hydrogens (tertiary/aromatic N) is 5. The maximum absolute atomic E-state index is 13.5. The molecule has 2 aliphatic heterocycles. The summed E-state index contributed by atoms with van der Waals surface area (Å²) in [5.41, 5.74) is 0.738. The predicted octanol–water partition coefficient (Wildman–Crippen LogP) is 1.73. The average Bonchev–Trinajstić information content (AvgIpc) is 3.27. The molecule has 0 aliphatic carbocycles. The van der Waals surface area contributed by atoms with Gasteiger partial charge in [-0.2, -0.15) is 0 Å². The molecule has 1 fully saturated rings. The van der Waals surface area contributed by atoms with Gasteiger partial charge in [0, 0.05) is 33.1 Å². The summed E-state index contributed by atoms with van der Waals surface area (Å²) in [6.07, 6.45) is 0.436. The highest BCUT2D eigenvalue weighted by Gasteiger charge is 2.44. The second-order valence-electron chi connectivity index (χ2n) is 8.49. The van der Waals surface area contributed by atoms with E-state index >= 15 is 0 Å². The molecule has 3 heterocycles. The summed E-state index contributed by atoms with van der Waals surface area (Å²) in [5.74, 6) is 0.300. The number of imide groups is 1. The molecular weight excluding hydrogens is 398 g/mol. The fourth-order valence-electron chi connectivity index (χ4n) is 4.18. The van der Waals surface area contributed by atoms with Crippen molar-refractivity contribution in [2.45, 2.75) is 39.8 Å². The van der Waals surface area contributed by atoms with Gasteiger partial charge < -0.3 is 9.32 Å². The van der Waals surface area contributed by atoms with Gasteiger partial charge in [-0.3, -0.25) is 24.2 Å². The van der Waals surface area contributed by atoms with Crippen LogP contribution in [-0.2, 0) is 11.3 Å². The minimum Gasteiger partial charge on any atom is -0.424 e. The summed E-state index contributed by atoms with van der Waals surface area (Å²) in [7, 11) is 0. The van der Waals surface area contributed by atoms with Gasteiger partial charge in [0.15, 0.2) is 0 Å². The summed E-state index contributed by atoms with van der Waals surface area (Å²) in [5, 5.41) is 7.87. The molecule has 0 radical (unpaired) electrons. The van der Waals surface area contributed by atoms with Crippen molar-refractivity contribution in [3.63, 3.8) is 0 Å². The molecule has 0 bridgehead atoms. The lowest BCUT2D eigenvalue weighted by Gasteiger charge is -2.37. The van der Waals surface area contributed by atoms with Crippen molar-refractivity contribution < 1.29 is 18.8 Å². The molecule has 2 aromatic rings. The number of hydrogen-bond donors (Lipinski definition) is 0. The molecule has 164 valence electrons. The predicted molar refractivity (Wildman–Crippen MR) is 111 cm³/mol. The zero-order valence-corrected chi connectivity index (χ0v) is 18.1. The first-order valence-corrected chi connectivity index (χ1v) is 10.6. The van der Waals surface area contributed by atoms with Crippen LogP contribution in [0.4, 0.5) is 0 Å². The lowest BCUT2D eigenvalue weighted by atomic mass is 10.0. The summed E-state index contributed by atoms with van der Waals surface area (Å²) < 4.78 is 5.44. The fourth-order valence-corrected chi connectivity index (χ4v) is 4.18. The van der Waals surface area contributed by atoms with Crippen molar-refractivity contribution in [2.24, 2.45) is 5.92 Å². The molecule has 4 rings (SSSR count). The summed E-state index contributed by atoms with van der Waals surface area (Å²) in [6.45, 7) is 8.62. The molecule has 31 heavy (non-hydrogen) atoms. The third-order valence-corrected chi connectivity index (χ3v) is 5.73. The normalized spacial score (nSPS) is 18.1. The van der Waals surface area contributed by atoms with Crippen molar-refractivity contribution in [2.75, 3.05) is 26.2 Å². The largest absolute Gasteiger partial charge is 0.424 e. The smallest absolute Gasteiger partial charge is 0.262 e. The number of carbonyl (C=O) groups is 3. The first-order valence-electron chi connectivity index (χ1n) is 10.6. The highest BCUT2D eigenvalue weighted by Crippen LogP contribution is 2.28. The number of aromatic nitrogens is 2. The van der Waals surface area contributed by atoms with Crippen LogP contribution in [0, 0.1) is 12.8 Å². The molecule has 1 unspecified atom stereocenters. The SMILES string of the molecule is Cc1nnc(CN2CCN(C(=O)C(CC(C)C)N3C(=O)c4ccccc4C3=O)CC2)o1. The minimum absolute atomic E-state index is 0.153. The molecule has 1 aromatic heterocycles. The van der Waals surface area contributed by atoms with Gasteiger partial charge in [0.25, 0.3) is 11.8 Å². The van der Waals surface area contributed by atoms with Crippen molar-refractivity contribution in [1.82, 2.24) is 24.9 Å². The number of hydrogen-bond acceptors (Lipinski definition) is 7. The maximum Gasteiger partial charge on any atom is 0.262 e. The first kappa shape index (κ1) is 21.2. The number of benzene rings is 1. The van der Waals surface area contributed by atoms with E-state index in [1.54, 1.807) is 36.1 Å². The molecule has 0 N–H and O–H groups in total. The fraction of sp³-hybridized carbons (Fsp3) is 0.500. The van der Waals surface area contributed by atoms with Gasteiger partial charge in [-0.25, -0.2) is 0 Å². The van der Waals surface area contributed by atoms with E-state index in [4.69, 9.17) is 4.42 Å². The molecule has 9 heteroatoms. The van der Waals surface area contributed by atoms with Gasteiger partial charge in [0.05, 0.1) is 17.7 Å². The van der Waals surface area contributed by atoms with Crippen LogP contribution in [0.2, 0.25) is 0 Å². The summed E-state index contributed by atoms with van der Waals surface area (Å²) in [4.78, 5) is 44.5. The van der Waals surface area contributed by atoms with Crippen LogP contribution in [0.15, 0.2) is 28.7 Å². The van der Waals surface area contributed by atoms with E-state index in [9.17, 15) is 14.4 Å². The Hall–Kier alpha value is -3.07. The molecular formula is C22H27N5O4. The number of fused-ring (bicyclic) bond motifs is 1. The third kappa shape index (κ3) is 4.23. The molecule has 9 nitrogen and oxygen atoms in total. The number of carbonyl (C=O) groups excluding carboxylic acids is 3. The molecule has 1 saturated heterocycles. The molecule has 0 spiro atoms. The van der Waals surface area contributed by atoms with Crippen LogP contribution in [0.1, 0.15) is 52.8 Å². The Bertz CT molecular complexity index is 958. The maximum atomic E-state index is 13.5. The average molecular weight is 425 g/mol. The van der Waals surface area contributed by atoms with Crippen molar-refractivity contribution in [3.05, 3.63) is 47.2 Å². The lowest BCUT2D eigenvalue weighted by molar-refractivity contribution is -0.137. The Morgan fingerprint density at radius 2 is 1.65 bits per heavy atom. The van der Waals surface area contributed by atoms with Crippen LogP contribution in [0.3, 0.4) is 0 Å². The Labute approximate surface area is 181 Å². The van der Waals surface area contributed by atoms with Gasteiger partial charge in [-0.05, 0) is 24.5 Å². The zero-order valence-electron chi connectivity index (χ0n) is 18.1. The Morgan fingerprint density at radius 1 is 1.03 bits per heavy atom. The van der Waals surface area contributed by atoms with Gasteiger partial charge >= 0.3 is 0 Å². The lowest BCUT2D eigenvalue weighted by Crippen LogP contribution is -2.56. The van der Waals surface area contributed by atoms with E-state index in [1.165, 1.54) is 4.90 Å². The monoisotopic (exact) mass is 425 g/mol. The quantitative estimate of drug-likeness (QED) is 0.650. The number of piperazine rings is 1. The van der Waals surface area contributed by atoms with E-state index < -0.39 is 6.04 Å². The van der Waals surface area contributed by atoms with Gasteiger partial charge in [0.2, 0.25) is 17.7 Å². The van der Waals surface area contributed by atoms with Crippen LogP contribution in [0.25, 0.3) is 0 Å². The highest BCUT2D eigenvalue weighted by molar-refractivity contribution is 6.22. The molecule has 1 atom stereocenters. The van der Waals surface area contributed by atoms with Gasteiger partial charge in [0.1, 0.15) is 6.04 Å². The van der Waals surface area contributed by atoms with Crippen LogP contribution in [-0.4, -0.2) is 74.8 Å². The van der Waals surface area contributed by atoms with Crippen molar-refractivity contribution >= 4 is 17.7 Å². The first-order chi connectivity index (χ1) is 14.8. The highest BCUT2D eigenvalue weighted by atomic mass is 16.4. The number of amides is 3. The van der Waals surface area contributed by atoms with Crippen molar-refractivity contribution in [3.8, 4) is 0 Å². The second kappa shape index (κ2) is 8.58. The van der Waals surface area contributed by atoms with Gasteiger partial charge in [-0.1, -0.05) is 26.0 Å².